The van der Waals surface area contributed by atoms with Crippen LogP contribution in [0.2, 0.25) is 0 Å². The van der Waals surface area contributed by atoms with Crippen molar-refractivity contribution in [3.05, 3.63) is 59.8 Å². The van der Waals surface area contributed by atoms with E-state index in [4.69, 9.17) is 5.73 Å². The first-order valence-electron chi connectivity index (χ1n) is 6.76. The van der Waals surface area contributed by atoms with Crippen molar-refractivity contribution in [2.75, 3.05) is 0 Å². The van der Waals surface area contributed by atoms with Gasteiger partial charge in [0.1, 0.15) is 0 Å². The molecule has 1 heterocycles. The molecular formula is C17H18N2S. The summed E-state index contributed by atoms with van der Waals surface area (Å²) < 4.78 is 0. The van der Waals surface area contributed by atoms with Crippen LogP contribution in [-0.4, -0.2) is 4.98 Å². The van der Waals surface area contributed by atoms with Gasteiger partial charge < -0.3 is 10.7 Å². The van der Waals surface area contributed by atoms with Gasteiger partial charge in [-0.3, -0.25) is 0 Å². The van der Waals surface area contributed by atoms with Crippen LogP contribution in [0.5, 0.6) is 0 Å². The fourth-order valence-corrected chi connectivity index (χ4v) is 3.67. The molecule has 1 aromatic heterocycles. The monoisotopic (exact) mass is 282 g/mol. The minimum atomic E-state index is 0.0456. The number of aromatic amines is 1. The minimum Gasteiger partial charge on any atom is -0.358 e. The van der Waals surface area contributed by atoms with Crippen LogP contribution in [0.1, 0.15) is 24.2 Å². The predicted octanol–water partition coefficient (Wildman–Crippen LogP) is 4.65. The van der Waals surface area contributed by atoms with Gasteiger partial charge in [0, 0.05) is 32.4 Å². The Morgan fingerprint density at radius 3 is 2.55 bits per heavy atom. The van der Waals surface area contributed by atoms with E-state index >= 15 is 0 Å². The highest BCUT2D eigenvalue weighted by molar-refractivity contribution is 7.99. The zero-order valence-corrected chi connectivity index (χ0v) is 12.5. The number of nitrogens with one attached hydrogen (secondary N) is 1. The quantitative estimate of drug-likeness (QED) is 0.734. The normalized spacial score (nSPS) is 12.8. The molecule has 102 valence electrons. The van der Waals surface area contributed by atoms with Crippen molar-refractivity contribution in [3.63, 3.8) is 0 Å². The molecule has 2 nitrogen and oxygen atoms in total. The van der Waals surface area contributed by atoms with Crippen molar-refractivity contribution in [1.82, 2.24) is 4.98 Å². The number of aryl methyl sites for hydroxylation is 1. The molecule has 20 heavy (non-hydrogen) atoms. The van der Waals surface area contributed by atoms with Crippen molar-refractivity contribution in [3.8, 4) is 0 Å². The standard InChI is InChI=1S/C17H18N2S/c1-11(18)13-7-4-6-10-16(13)20-17-12(2)19-15-9-5-3-8-14(15)17/h3-11,19H,18H2,1-2H3. The van der Waals surface area contributed by atoms with E-state index in [1.54, 1.807) is 11.8 Å². The van der Waals surface area contributed by atoms with E-state index in [9.17, 15) is 0 Å². The topological polar surface area (TPSA) is 41.8 Å². The third-order valence-corrected chi connectivity index (χ3v) is 4.78. The molecule has 0 saturated carbocycles. The fraction of sp³-hybridized carbons (Fsp3) is 0.176. The van der Waals surface area contributed by atoms with Crippen LogP contribution in [-0.2, 0) is 0 Å². The van der Waals surface area contributed by atoms with E-state index in [1.165, 1.54) is 32.0 Å². The van der Waals surface area contributed by atoms with Crippen LogP contribution in [0, 0.1) is 6.92 Å². The molecule has 0 radical (unpaired) electrons. The van der Waals surface area contributed by atoms with Gasteiger partial charge in [-0.25, -0.2) is 0 Å². The van der Waals surface area contributed by atoms with Gasteiger partial charge in [-0.15, -0.1) is 0 Å². The molecule has 2 aromatic carbocycles. The maximum absolute atomic E-state index is 6.07. The maximum atomic E-state index is 6.07. The molecule has 0 saturated heterocycles. The smallest absolute Gasteiger partial charge is 0.0467 e. The predicted molar refractivity (Wildman–Crippen MR) is 86.2 cm³/mol. The molecule has 3 heteroatoms. The summed E-state index contributed by atoms with van der Waals surface area (Å²) in [6.45, 7) is 4.15. The summed E-state index contributed by atoms with van der Waals surface area (Å²) in [5, 5.41) is 1.27. The number of aromatic nitrogens is 1. The zero-order chi connectivity index (χ0) is 14.1. The average Bonchev–Trinajstić information content (AvgIpc) is 2.76. The Labute approximate surface area is 123 Å². The first-order valence-corrected chi connectivity index (χ1v) is 7.58. The second kappa shape index (κ2) is 5.35. The Hall–Kier alpha value is -1.71. The summed E-state index contributed by atoms with van der Waals surface area (Å²) in [7, 11) is 0. The van der Waals surface area contributed by atoms with E-state index in [0.29, 0.717) is 0 Å². The molecule has 0 amide bonds. The van der Waals surface area contributed by atoms with E-state index in [0.717, 1.165) is 0 Å². The molecule has 0 spiro atoms. The lowest BCUT2D eigenvalue weighted by Crippen LogP contribution is -2.05. The van der Waals surface area contributed by atoms with Crippen molar-refractivity contribution in [2.24, 2.45) is 5.73 Å². The third-order valence-electron chi connectivity index (χ3n) is 3.46. The molecule has 1 atom stereocenters. The molecule has 0 aliphatic heterocycles. The lowest BCUT2D eigenvalue weighted by Gasteiger charge is -2.12. The third kappa shape index (κ3) is 2.35. The Balaban J connectivity index is 2.08. The summed E-state index contributed by atoms with van der Waals surface area (Å²) in [6, 6.07) is 16.8. The summed E-state index contributed by atoms with van der Waals surface area (Å²) in [6.07, 6.45) is 0. The second-order valence-electron chi connectivity index (χ2n) is 5.05. The molecular weight excluding hydrogens is 264 g/mol. The van der Waals surface area contributed by atoms with Crippen molar-refractivity contribution in [1.29, 1.82) is 0 Å². The number of hydrogen-bond donors (Lipinski definition) is 2. The highest BCUT2D eigenvalue weighted by Crippen LogP contribution is 2.38. The van der Waals surface area contributed by atoms with E-state index in [2.05, 4.69) is 54.4 Å². The van der Waals surface area contributed by atoms with Gasteiger partial charge >= 0.3 is 0 Å². The number of para-hydroxylation sites is 1. The molecule has 0 bridgehead atoms. The molecule has 3 aromatic rings. The van der Waals surface area contributed by atoms with Crippen LogP contribution >= 0.6 is 11.8 Å². The van der Waals surface area contributed by atoms with Crippen molar-refractivity contribution < 1.29 is 0 Å². The van der Waals surface area contributed by atoms with Gasteiger partial charge in [-0.2, -0.15) is 0 Å². The Morgan fingerprint density at radius 2 is 1.75 bits per heavy atom. The Morgan fingerprint density at radius 1 is 1.05 bits per heavy atom. The average molecular weight is 282 g/mol. The number of rotatable bonds is 3. The Kier molecular flexibility index (Phi) is 3.55. The van der Waals surface area contributed by atoms with Gasteiger partial charge in [0.05, 0.1) is 0 Å². The van der Waals surface area contributed by atoms with Crippen LogP contribution in [0.25, 0.3) is 10.9 Å². The van der Waals surface area contributed by atoms with Gasteiger partial charge in [-0.05, 0) is 31.5 Å². The number of nitrogens with two attached hydrogens (primary N) is 1. The summed E-state index contributed by atoms with van der Waals surface area (Å²) >= 11 is 1.79. The van der Waals surface area contributed by atoms with Crippen LogP contribution < -0.4 is 5.73 Å². The van der Waals surface area contributed by atoms with E-state index in [1.807, 2.05) is 13.0 Å². The maximum Gasteiger partial charge on any atom is 0.0467 e. The molecule has 0 aliphatic rings. The number of fused-ring (bicyclic) bond motifs is 1. The summed E-state index contributed by atoms with van der Waals surface area (Å²) in [5.74, 6) is 0. The lowest BCUT2D eigenvalue weighted by atomic mass is 10.1. The minimum absolute atomic E-state index is 0.0456. The summed E-state index contributed by atoms with van der Waals surface area (Å²) in [4.78, 5) is 5.96. The first kappa shape index (κ1) is 13.3. The summed E-state index contributed by atoms with van der Waals surface area (Å²) in [5.41, 5.74) is 9.66. The number of benzene rings is 2. The molecule has 0 aliphatic carbocycles. The van der Waals surface area contributed by atoms with Gasteiger partial charge in [0.2, 0.25) is 0 Å². The van der Waals surface area contributed by atoms with Gasteiger partial charge in [-0.1, -0.05) is 48.2 Å². The largest absolute Gasteiger partial charge is 0.358 e. The van der Waals surface area contributed by atoms with Crippen molar-refractivity contribution >= 4 is 22.7 Å². The second-order valence-corrected chi connectivity index (χ2v) is 6.11. The molecule has 1 unspecified atom stereocenters. The van der Waals surface area contributed by atoms with Crippen LogP contribution in [0.15, 0.2) is 58.3 Å². The van der Waals surface area contributed by atoms with Crippen LogP contribution in [0.4, 0.5) is 0 Å². The lowest BCUT2D eigenvalue weighted by molar-refractivity contribution is 0.797. The zero-order valence-electron chi connectivity index (χ0n) is 11.7. The van der Waals surface area contributed by atoms with E-state index < -0.39 is 0 Å². The first-order chi connectivity index (χ1) is 9.66. The molecule has 0 fully saturated rings. The van der Waals surface area contributed by atoms with E-state index in [-0.39, 0.29) is 6.04 Å². The molecule has 3 rings (SSSR count). The number of H-pyrrole nitrogens is 1. The van der Waals surface area contributed by atoms with Gasteiger partial charge in [0.25, 0.3) is 0 Å². The SMILES string of the molecule is Cc1[nH]c2ccccc2c1Sc1ccccc1C(C)N. The van der Waals surface area contributed by atoms with Crippen molar-refractivity contribution in [2.45, 2.75) is 29.7 Å². The fourth-order valence-electron chi connectivity index (χ4n) is 2.44. The van der Waals surface area contributed by atoms with Crippen LogP contribution in [0.3, 0.4) is 0 Å². The molecule has 3 N–H and O–H groups in total. The highest BCUT2D eigenvalue weighted by atomic mass is 32.2. The van der Waals surface area contributed by atoms with Gasteiger partial charge in [0.15, 0.2) is 0 Å². The Bertz CT molecular complexity index is 744. The highest BCUT2D eigenvalue weighted by Gasteiger charge is 2.13. The number of hydrogen-bond acceptors (Lipinski definition) is 2.